The van der Waals surface area contributed by atoms with Gasteiger partial charge in [0.05, 0.1) is 0 Å². The van der Waals surface area contributed by atoms with E-state index in [1.165, 1.54) is 5.56 Å². The first-order valence-electron chi connectivity index (χ1n) is 9.42. The quantitative estimate of drug-likeness (QED) is 0.830. The van der Waals surface area contributed by atoms with Crippen LogP contribution in [0, 0.1) is 0 Å². The molecular weight excluding hydrogens is 360 g/mol. The highest BCUT2D eigenvalue weighted by atomic mass is 35.5. The maximum absolute atomic E-state index is 13.0. The highest BCUT2D eigenvalue weighted by molar-refractivity contribution is 6.30. The molecule has 0 radical (unpaired) electrons. The minimum absolute atomic E-state index is 0.0200. The molecule has 1 aliphatic heterocycles. The van der Waals surface area contributed by atoms with Crippen molar-refractivity contribution in [1.82, 2.24) is 4.90 Å². The number of piperidine rings is 1. The van der Waals surface area contributed by atoms with E-state index in [1.807, 2.05) is 18.7 Å². The molecule has 5 heteroatoms. The van der Waals surface area contributed by atoms with E-state index in [0.717, 1.165) is 31.5 Å². The lowest BCUT2D eigenvalue weighted by Gasteiger charge is -2.37. The summed E-state index contributed by atoms with van der Waals surface area (Å²) < 4.78 is 5.95. The summed E-state index contributed by atoms with van der Waals surface area (Å²) in [7, 11) is 0. The number of hydrogen-bond acceptors (Lipinski definition) is 3. The summed E-state index contributed by atoms with van der Waals surface area (Å²) in [6.45, 7) is 5.68. The molecule has 0 saturated carbocycles. The van der Waals surface area contributed by atoms with E-state index in [9.17, 15) is 4.79 Å². The molecule has 1 fully saturated rings. The Hall–Kier alpha value is -2.04. The minimum atomic E-state index is -0.917. The van der Waals surface area contributed by atoms with Gasteiger partial charge in [0, 0.05) is 24.7 Å². The molecular formula is C22H27ClN2O2. The number of nitrogens with zero attached hydrogens (tertiary/aromatic N) is 1. The Kier molecular flexibility index (Phi) is 6.08. The highest BCUT2D eigenvalue weighted by Crippen LogP contribution is 2.30. The number of carbonyl (C=O) groups excluding carboxylic acids is 1. The molecule has 1 saturated heterocycles. The van der Waals surface area contributed by atoms with Crippen molar-refractivity contribution in [3.05, 3.63) is 64.7 Å². The monoisotopic (exact) mass is 386 g/mol. The molecule has 0 aliphatic carbocycles. The normalized spacial score (nSPS) is 15.6. The highest BCUT2D eigenvalue weighted by Gasteiger charge is 2.36. The predicted octanol–water partition coefficient (Wildman–Crippen LogP) is 4.36. The van der Waals surface area contributed by atoms with E-state index in [2.05, 4.69) is 24.3 Å². The first-order chi connectivity index (χ1) is 12.9. The van der Waals surface area contributed by atoms with Gasteiger partial charge in [-0.1, -0.05) is 35.9 Å². The van der Waals surface area contributed by atoms with Gasteiger partial charge in [-0.15, -0.1) is 0 Å². The molecule has 4 nitrogen and oxygen atoms in total. The van der Waals surface area contributed by atoms with Gasteiger partial charge in [0.25, 0.3) is 5.91 Å². The first kappa shape index (κ1) is 19.7. The SMILES string of the molecule is CC(C)(Oc1ccc(Cl)cc1)C(=O)N1CCC(c2cccc(CN)c2)CC1. The minimum Gasteiger partial charge on any atom is -0.478 e. The molecule has 1 heterocycles. The maximum Gasteiger partial charge on any atom is 0.266 e. The number of amides is 1. The van der Waals surface area contributed by atoms with Crippen molar-refractivity contribution in [2.45, 2.75) is 44.8 Å². The molecule has 27 heavy (non-hydrogen) atoms. The van der Waals surface area contributed by atoms with Crippen LogP contribution in [0.4, 0.5) is 0 Å². The number of benzene rings is 2. The van der Waals surface area contributed by atoms with Gasteiger partial charge in [-0.05, 0) is 68.0 Å². The van der Waals surface area contributed by atoms with E-state index in [1.54, 1.807) is 24.3 Å². The van der Waals surface area contributed by atoms with E-state index in [4.69, 9.17) is 22.1 Å². The van der Waals surface area contributed by atoms with Crippen LogP contribution in [0.2, 0.25) is 5.02 Å². The zero-order chi connectivity index (χ0) is 19.4. The second-order valence-electron chi connectivity index (χ2n) is 7.58. The van der Waals surface area contributed by atoms with Crippen LogP contribution < -0.4 is 10.5 Å². The van der Waals surface area contributed by atoms with Gasteiger partial charge in [-0.3, -0.25) is 4.79 Å². The summed E-state index contributed by atoms with van der Waals surface area (Å²) in [4.78, 5) is 14.9. The Morgan fingerprint density at radius 1 is 1.19 bits per heavy atom. The van der Waals surface area contributed by atoms with Crippen LogP contribution in [-0.2, 0) is 11.3 Å². The third kappa shape index (κ3) is 4.82. The van der Waals surface area contributed by atoms with Crippen LogP contribution in [0.15, 0.2) is 48.5 Å². The second kappa shape index (κ2) is 8.32. The predicted molar refractivity (Wildman–Crippen MR) is 109 cm³/mol. The molecule has 2 aromatic carbocycles. The van der Waals surface area contributed by atoms with Crippen LogP contribution in [-0.4, -0.2) is 29.5 Å². The lowest BCUT2D eigenvalue weighted by molar-refractivity contribution is -0.146. The van der Waals surface area contributed by atoms with E-state index < -0.39 is 5.60 Å². The average molecular weight is 387 g/mol. The summed E-state index contributed by atoms with van der Waals surface area (Å²) >= 11 is 5.91. The Bertz CT molecular complexity index is 781. The van der Waals surface area contributed by atoms with Crippen molar-refractivity contribution in [2.24, 2.45) is 5.73 Å². The lowest BCUT2D eigenvalue weighted by atomic mass is 9.88. The number of carbonyl (C=O) groups is 1. The molecule has 1 aliphatic rings. The molecule has 1 amide bonds. The van der Waals surface area contributed by atoms with Gasteiger partial charge in [-0.2, -0.15) is 0 Å². The van der Waals surface area contributed by atoms with Gasteiger partial charge < -0.3 is 15.4 Å². The Labute approximate surface area is 166 Å². The molecule has 0 aromatic heterocycles. The number of hydrogen-bond donors (Lipinski definition) is 1. The summed E-state index contributed by atoms with van der Waals surface area (Å²) in [5.41, 5.74) is 7.32. The van der Waals surface area contributed by atoms with Gasteiger partial charge in [0.1, 0.15) is 5.75 Å². The number of rotatable bonds is 5. The standard InChI is InChI=1S/C22H27ClN2O2/c1-22(2,27-20-8-6-19(23)7-9-20)21(26)25-12-10-17(11-13-25)18-5-3-4-16(14-18)15-24/h3-9,14,17H,10-13,15,24H2,1-2H3. The summed E-state index contributed by atoms with van der Waals surface area (Å²) in [5.74, 6) is 1.14. The van der Waals surface area contributed by atoms with E-state index in [0.29, 0.717) is 23.2 Å². The van der Waals surface area contributed by atoms with Crippen molar-refractivity contribution in [1.29, 1.82) is 0 Å². The van der Waals surface area contributed by atoms with E-state index >= 15 is 0 Å². The Balaban J connectivity index is 1.60. The van der Waals surface area contributed by atoms with Crippen LogP contribution in [0.3, 0.4) is 0 Å². The molecule has 0 atom stereocenters. The molecule has 0 bridgehead atoms. The van der Waals surface area contributed by atoms with Gasteiger partial charge >= 0.3 is 0 Å². The number of nitrogens with two attached hydrogens (primary N) is 1. The lowest BCUT2D eigenvalue weighted by Crippen LogP contribution is -2.51. The molecule has 2 aromatic rings. The average Bonchev–Trinajstić information content (AvgIpc) is 2.69. The fourth-order valence-electron chi connectivity index (χ4n) is 3.61. The van der Waals surface area contributed by atoms with Crippen LogP contribution >= 0.6 is 11.6 Å². The van der Waals surface area contributed by atoms with Crippen LogP contribution in [0.5, 0.6) is 5.75 Å². The van der Waals surface area contributed by atoms with Crippen molar-refractivity contribution < 1.29 is 9.53 Å². The van der Waals surface area contributed by atoms with Gasteiger partial charge in [-0.25, -0.2) is 0 Å². The van der Waals surface area contributed by atoms with Crippen molar-refractivity contribution in [3.63, 3.8) is 0 Å². The van der Waals surface area contributed by atoms with Crippen LogP contribution in [0.25, 0.3) is 0 Å². The zero-order valence-corrected chi connectivity index (χ0v) is 16.7. The Morgan fingerprint density at radius 3 is 2.48 bits per heavy atom. The number of halogens is 1. The van der Waals surface area contributed by atoms with Gasteiger partial charge in [0.2, 0.25) is 0 Å². The topological polar surface area (TPSA) is 55.6 Å². The van der Waals surface area contributed by atoms with Crippen molar-refractivity contribution in [2.75, 3.05) is 13.1 Å². The Morgan fingerprint density at radius 2 is 1.85 bits per heavy atom. The molecule has 2 N–H and O–H groups in total. The fourth-order valence-corrected chi connectivity index (χ4v) is 3.74. The third-order valence-corrected chi connectivity index (χ3v) is 5.39. The van der Waals surface area contributed by atoms with Gasteiger partial charge in [0.15, 0.2) is 5.60 Å². The van der Waals surface area contributed by atoms with Crippen molar-refractivity contribution >= 4 is 17.5 Å². The molecule has 144 valence electrons. The third-order valence-electron chi connectivity index (χ3n) is 5.14. The van der Waals surface area contributed by atoms with Crippen molar-refractivity contribution in [3.8, 4) is 5.75 Å². The fraction of sp³-hybridized carbons (Fsp3) is 0.409. The largest absolute Gasteiger partial charge is 0.478 e. The smallest absolute Gasteiger partial charge is 0.266 e. The number of ether oxygens (including phenoxy) is 1. The zero-order valence-electron chi connectivity index (χ0n) is 16.0. The van der Waals surface area contributed by atoms with Crippen LogP contribution in [0.1, 0.15) is 43.7 Å². The maximum atomic E-state index is 13.0. The van der Waals surface area contributed by atoms with E-state index in [-0.39, 0.29) is 5.91 Å². The second-order valence-corrected chi connectivity index (χ2v) is 8.02. The first-order valence-corrected chi connectivity index (χ1v) is 9.80. The summed E-state index contributed by atoms with van der Waals surface area (Å²) in [6, 6.07) is 15.6. The number of likely N-dealkylation sites (tertiary alicyclic amines) is 1. The molecule has 0 unspecified atom stereocenters. The summed E-state index contributed by atoms with van der Waals surface area (Å²) in [6.07, 6.45) is 1.91. The summed E-state index contributed by atoms with van der Waals surface area (Å²) in [5, 5.41) is 0.646. The molecule has 0 spiro atoms. The molecule has 3 rings (SSSR count).